The molecule has 230 valence electrons. The van der Waals surface area contributed by atoms with Gasteiger partial charge in [0.15, 0.2) is 6.61 Å². The SMILES string of the molecule is Cc1ccccc1NC(=O)COc1ccc(-n2c(C)cc(C=Nn3c(C4CCCCC4)nc4ccc(Br)cc4c3=O)c2C)cc1. The molecule has 8 nitrogen and oxygen atoms in total. The Balaban J connectivity index is 1.23. The van der Waals surface area contributed by atoms with E-state index in [2.05, 4.69) is 31.9 Å². The molecular formula is C36H36BrN5O3. The molecule has 1 N–H and O–H groups in total. The van der Waals surface area contributed by atoms with E-state index in [0.717, 1.165) is 69.9 Å². The number of carbonyl (C=O) groups is 1. The minimum atomic E-state index is -0.214. The van der Waals surface area contributed by atoms with Gasteiger partial charge in [-0.15, -0.1) is 0 Å². The molecule has 0 aliphatic heterocycles. The molecule has 45 heavy (non-hydrogen) atoms. The highest BCUT2D eigenvalue weighted by molar-refractivity contribution is 9.10. The van der Waals surface area contributed by atoms with Crippen LogP contribution in [0.15, 0.2) is 87.2 Å². The fourth-order valence-electron chi connectivity index (χ4n) is 6.08. The first-order chi connectivity index (χ1) is 21.8. The number of nitrogens with one attached hydrogen (secondary N) is 1. The molecule has 0 unspecified atom stereocenters. The largest absolute Gasteiger partial charge is 0.484 e. The number of fused-ring (bicyclic) bond motifs is 1. The molecule has 0 saturated heterocycles. The lowest BCUT2D eigenvalue weighted by Crippen LogP contribution is -2.25. The summed E-state index contributed by atoms with van der Waals surface area (Å²) in [5, 5.41) is 8.19. The summed E-state index contributed by atoms with van der Waals surface area (Å²) in [5.74, 6) is 1.34. The maximum Gasteiger partial charge on any atom is 0.282 e. The third-order valence-corrected chi connectivity index (χ3v) is 8.96. The van der Waals surface area contributed by atoms with Crippen LogP contribution in [0.1, 0.15) is 66.4 Å². The van der Waals surface area contributed by atoms with Crippen LogP contribution in [-0.4, -0.2) is 33.0 Å². The van der Waals surface area contributed by atoms with Crippen molar-refractivity contribution in [2.24, 2.45) is 5.10 Å². The summed E-state index contributed by atoms with van der Waals surface area (Å²) >= 11 is 3.50. The molecule has 0 spiro atoms. The highest BCUT2D eigenvalue weighted by atomic mass is 79.9. The molecule has 0 radical (unpaired) electrons. The Kier molecular flexibility index (Phi) is 8.98. The quantitative estimate of drug-likeness (QED) is 0.171. The number of hydrogen-bond donors (Lipinski definition) is 1. The standard InChI is InChI=1S/C36H36BrN5O3/c1-23-9-7-8-12-32(23)39-34(43)22-45-30-16-14-29(15-17-30)41-24(2)19-27(25(41)3)21-38-42-35(26-10-5-4-6-11-26)40-33-18-13-28(37)20-31(33)36(42)44/h7-9,12-21,26H,4-6,10-11,22H2,1-3H3,(H,39,43). The van der Waals surface area contributed by atoms with Gasteiger partial charge >= 0.3 is 0 Å². The molecular weight excluding hydrogens is 630 g/mol. The molecule has 3 aromatic carbocycles. The summed E-state index contributed by atoms with van der Waals surface area (Å²) in [6.45, 7) is 5.94. The zero-order valence-electron chi connectivity index (χ0n) is 25.7. The number of amides is 1. The lowest BCUT2D eigenvalue weighted by molar-refractivity contribution is -0.118. The van der Waals surface area contributed by atoms with Crippen molar-refractivity contribution in [3.63, 3.8) is 0 Å². The van der Waals surface area contributed by atoms with Gasteiger partial charge in [0.1, 0.15) is 11.6 Å². The summed E-state index contributed by atoms with van der Waals surface area (Å²) in [6.07, 6.45) is 7.27. The molecule has 6 rings (SSSR count). The van der Waals surface area contributed by atoms with Gasteiger partial charge in [-0.05, 0) is 93.8 Å². The van der Waals surface area contributed by atoms with E-state index in [1.807, 2.05) is 87.5 Å². The highest BCUT2D eigenvalue weighted by Gasteiger charge is 2.23. The smallest absolute Gasteiger partial charge is 0.282 e. The average Bonchev–Trinajstić information content (AvgIpc) is 3.33. The minimum Gasteiger partial charge on any atom is -0.484 e. The lowest BCUT2D eigenvalue weighted by atomic mass is 9.88. The van der Waals surface area contributed by atoms with E-state index in [1.54, 1.807) is 6.21 Å². The molecule has 1 fully saturated rings. The summed E-state index contributed by atoms with van der Waals surface area (Å²) < 4.78 is 10.2. The number of aryl methyl sites for hydroxylation is 2. The fraction of sp³-hybridized carbons (Fsp3) is 0.278. The fourth-order valence-corrected chi connectivity index (χ4v) is 6.44. The first kappa shape index (κ1) is 30.5. The van der Waals surface area contributed by atoms with Crippen molar-refractivity contribution in [3.05, 3.63) is 116 Å². The molecule has 2 heterocycles. The highest BCUT2D eigenvalue weighted by Crippen LogP contribution is 2.32. The molecule has 1 amide bonds. The number of benzene rings is 3. The van der Waals surface area contributed by atoms with Gasteiger partial charge < -0.3 is 14.6 Å². The van der Waals surface area contributed by atoms with Crippen LogP contribution in [0.2, 0.25) is 0 Å². The molecule has 0 atom stereocenters. The van der Waals surface area contributed by atoms with Crippen LogP contribution in [0.5, 0.6) is 5.75 Å². The Bertz CT molecular complexity index is 1950. The second-order valence-electron chi connectivity index (χ2n) is 11.6. The van der Waals surface area contributed by atoms with Crippen molar-refractivity contribution < 1.29 is 9.53 Å². The van der Waals surface area contributed by atoms with Crippen molar-refractivity contribution in [1.29, 1.82) is 0 Å². The zero-order valence-corrected chi connectivity index (χ0v) is 27.3. The van der Waals surface area contributed by atoms with E-state index in [9.17, 15) is 9.59 Å². The molecule has 2 aromatic heterocycles. The summed E-state index contributed by atoms with van der Waals surface area (Å²) in [5.41, 5.74) is 6.21. The van der Waals surface area contributed by atoms with Crippen LogP contribution in [-0.2, 0) is 4.79 Å². The second kappa shape index (κ2) is 13.2. The normalized spacial score (nSPS) is 13.9. The number of aromatic nitrogens is 3. The van der Waals surface area contributed by atoms with E-state index < -0.39 is 0 Å². The van der Waals surface area contributed by atoms with Crippen LogP contribution in [0.25, 0.3) is 16.6 Å². The first-order valence-corrected chi connectivity index (χ1v) is 16.1. The van der Waals surface area contributed by atoms with Crippen LogP contribution < -0.4 is 15.6 Å². The summed E-state index contributed by atoms with van der Waals surface area (Å²) in [6, 6.07) is 23.0. The van der Waals surface area contributed by atoms with Crippen LogP contribution in [0, 0.1) is 20.8 Å². The maximum atomic E-state index is 13.7. The van der Waals surface area contributed by atoms with Crippen molar-refractivity contribution in [3.8, 4) is 11.4 Å². The van der Waals surface area contributed by atoms with Gasteiger partial charge in [0.05, 0.1) is 17.1 Å². The van der Waals surface area contributed by atoms with E-state index in [-0.39, 0.29) is 24.0 Å². The van der Waals surface area contributed by atoms with Gasteiger partial charge in [0.2, 0.25) is 0 Å². The van der Waals surface area contributed by atoms with E-state index in [1.165, 1.54) is 11.1 Å². The minimum absolute atomic E-state index is 0.0847. The van der Waals surface area contributed by atoms with Gasteiger partial charge in [-0.25, -0.2) is 4.98 Å². The Morgan fingerprint density at radius 1 is 1.02 bits per heavy atom. The molecule has 1 aliphatic carbocycles. The number of halogens is 1. The monoisotopic (exact) mass is 665 g/mol. The van der Waals surface area contributed by atoms with Crippen LogP contribution >= 0.6 is 15.9 Å². The Morgan fingerprint density at radius 3 is 2.53 bits per heavy atom. The molecule has 0 bridgehead atoms. The van der Waals surface area contributed by atoms with Crippen molar-refractivity contribution >= 4 is 44.6 Å². The summed E-state index contributed by atoms with van der Waals surface area (Å²) in [4.78, 5) is 31.1. The van der Waals surface area contributed by atoms with E-state index in [0.29, 0.717) is 16.7 Å². The zero-order chi connectivity index (χ0) is 31.5. The van der Waals surface area contributed by atoms with E-state index in [4.69, 9.17) is 14.8 Å². The number of para-hydroxylation sites is 1. The van der Waals surface area contributed by atoms with Crippen LogP contribution in [0.3, 0.4) is 0 Å². The number of nitrogens with zero attached hydrogens (tertiary/aromatic N) is 4. The number of carbonyl (C=O) groups excluding carboxylic acids is 1. The number of anilines is 1. The topological polar surface area (TPSA) is 90.5 Å². The average molecular weight is 667 g/mol. The molecule has 5 aromatic rings. The van der Waals surface area contributed by atoms with E-state index >= 15 is 0 Å². The lowest BCUT2D eigenvalue weighted by Gasteiger charge is -2.22. The van der Waals surface area contributed by atoms with Crippen molar-refractivity contribution in [1.82, 2.24) is 14.2 Å². The van der Waals surface area contributed by atoms with Gasteiger partial charge in [0.25, 0.3) is 11.5 Å². The van der Waals surface area contributed by atoms with Crippen molar-refractivity contribution in [2.75, 3.05) is 11.9 Å². The predicted octanol–water partition coefficient (Wildman–Crippen LogP) is 7.82. The Labute approximate surface area is 270 Å². The predicted molar refractivity (Wildman–Crippen MR) is 183 cm³/mol. The Morgan fingerprint density at radius 2 is 1.78 bits per heavy atom. The third-order valence-electron chi connectivity index (χ3n) is 8.47. The molecule has 9 heteroatoms. The number of hydrogen-bond acceptors (Lipinski definition) is 5. The molecule has 1 aliphatic rings. The van der Waals surface area contributed by atoms with Crippen LogP contribution in [0.4, 0.5) is 5.69 Å². The number of ether oxygens (including phenoxy) is 1. The second-order valence-corrected chi connectivity index (χ2v) is 12.6. The number of rotatable bonds is 8. The first-order valence-electron chi connectivity index (χ1n) is 15.3. The Hall–Kier alpha value is -4.50. The van der Waals surface area contributed by atoms with Gasteiger partial charge in [-0.2, -0.15) is 9.78 Å². The molecule has 1 saturated carbocycles. The van der Waals surface area contributed by atoms with Crippen molar-refractivity contribution in [2.45, 2.75) is 58.8 Å². The van der Waals surface area contributed by atoms with Gasteiger partial charge in [-0.1, -0.05) is 53.4 Å². The maximum absolute atomic E-state index is 13.7. The third kappa shape index (κ3) is 6.63. The van der Waals surface area contributed by atoms with Gasteiger partial charge in [-0.3, -0.25) is 9.59 Å². The van der Waals surface area contributed by atoms with Gasteiger partial charge in [0, 0.05) is 38.7 Å². The summed E-state index contributed by atoms with van der Waals surface area (Å²) in [7, 11) is 0.